The smallest absolute Gasteiger partial charge is 0.122 e. The van der Waals surface area contributed by atoms with Crippen molar-refractivity contribution in [3.05, 3.63) is 29.3 Å². The highest BCUT2D eigenvalue weighted by Crippen LogP contribution is 2.18. The Morgan fingerprint density at radius 3 is 2.71 bits per heavy atom. The molecule has 0 unspecified atom stereocenters. The molecule has 0 heterocycles. The predicted molar refractivity (Wildman–Crippen MR) is 56.2 cm³/mol. The number of aryl methyl sites for hydroxylation is 2. The SMILES string of the molecule is Cc1ccc(C)c(OCCCON)c1. The molecule has 0 fully saturated rings. The molecule has 78 valence electrons. The van der Waals surface area contributed by atoms with Crippen LogP contribution in [0.4, 0.5) is 0 Å². The van der Waals surface area contributed by atoms with E-state index in [1.807, 2.05) is 13.0 Å². The Kier molecular flexibility index (Phi) is 4.43. The first-order valence-corrected chi connectivity index (χ1v) is 4.76. The first-order chi connectivity index (χ1) is 6.74. The van der Waals surface area contributed by atoms with Crippen LogP contribution in [0.25, 0.3) is 0 Å². The maximum atomic E-state index is 5.58. The van der Waals surface area contributed by atoms with Gasteiger partial charge in [0.05, 0.1) is 13.2 Å². The molecule has 14 heavy (non-hydrogen) atoms. The van der Waals surface area contributed by atoms with Crippen LogP contribution >= 0.6 is 0 Å². The molecule has 3 heteroatoms. The van der Waals surface area contributed by atoms with Crippen LogP contribution in [-0.4, -0.2) is 13.2 Å². The largest absolute Gasteiger partial charge is 0.493 e. The molecule has 0 atom stereocenters. The highest BCUT2D eigenvalue weighted by Gasteiger charge is 1.98. The van der Waals surface area contributed by atoms with Gasteiger partial charge in [-0.05, 0) is 31.0 Å². The molecule has 0 bridgehead atoms. The Morgan fingerprint density at radius 1 is 1.21 bits per heavy atom. The number of hydrogen-bond acceptors (Lipinski definition) is 3. The molecule has 0 aliphatic heterocycles. The van der Waals surface area contributed by atoms with Crippen molar-refractivity contribution in [3.8, 4) is 5.75 Å². The minimum absolute atomic E-state index is 0.533. The number of ether oxygens (including phenoxy) is 1. The van der Waals surface area contributed by atoms with Gasteiger partial charge in [0.1, 0.15) is 5.75 Å². The molecule has 2 N–H and O–H groups in total. The maximum absolute atomic E-state index is 5.58. The van der Waals surface area contributed by atoms with Gasteiger partial charge in [0.15, 0.2) is 0 Å². The molecular weight excluding hydrogens is 178 g/mol. The van der Waals surface area contributed by atoms with E-state index in [4.69, 9.17) is 10.6 Å². The third kappa shape index (κ3) is 3.36. The summed E-state index contributed by atoms with van der Waals surface area (Å²) in [7, 11) is 0. The van der Waals surface area contributed by atoms with E-state index in [0.29, 0.717) is 13.2 Å². The summed E-state index contributed by atoms with van der Waals surface area (Å²) in [6, 6.07) is 6.17. The van der Waals surface area contributed by atoms with E-state index in [0.717, 1.165) is 17.7 Å². The summed E-state index contributed by atoms with van der Waals surface area (Å²) in [6.07, 6.45) is 0.809. The van der Waals surface area contributed by atoms with Crippen molar-refractivity contribution in [3.63, 3.8) is 0 Å². The Morgan fingerprint density at radius 2 is 2.00 bits per heavy atom. The Labute approximate surface area is 84.8 Å². The van der Waals surface area contributed by atoms with E-state index >= 15 is 0 Å². The van der Waals surface area contributed by atoms with Gasteiger partial charge in [0.25, 0.3) is 0 Å². The quantitative estimate of drug-likeness (QED) is 0.577. The van der Waals surface area contributed by atoms with Crippen LogP contribution in [0.15, 0.2) is 18.2 Å². The maximum Gasteiger partial charge on any atom is 0.122 e. The van der Waals surface area contributed by atoms with E-state index in [9.17, 15) is 0 Å². The van der Waals surface area contributed by atoms with Crippen LogP contribution in [-0.2, 0) is 4.84 Å². The highest BCUT2D eigenvalue weighted by atomic mass is 16.6. The zero-order valence-corrected chi connectivity index (χ0v) is 8.75. The fourth-order valence-corrected chi connectivity index (χ4v) is 1.19. The molecule has 0 aromatic heterocycles. The molecule has 1 aromatic carbocycles. The summed E-state index contributed by atoms with van der Waals surface area (Å²) < 4.78 is 5.58. The fraction of sp³-hybridized carbons (Fsp3) is 0.455. The molecule has 0 aliphatic carbocycles. The van der Waals surface area contributed by atoms with Crippen LogP contribution in [0, 0.1) is 13.8 Å². The van der Waals surface area contributed by atoms with Gasteiger partial charge in [-0.1, -0.05) is 12.1 Å². The minimum Gasteiger partial charge on any atom is -0.493 e. The second-order valence-electron chi connectivity index (χ2n) is 3.34. The average molecular weight is 195 g/mol. The van der Waals surface area contributed by atoms with Gasteiger partial charge < -0.3 is 9.57 Å². The summed E-state index contributed by atoms with van der Waals surface area (Å²) in [5.74, 6) is 5.85. The molecule has 0 saturated heterocycles. The fourth-order valence-electron chi connectivity index (χ4n) is 1.19. The molecule has 0 amide bonds. The Hall–Kier alpha value is -1.06. The van der Waals surface area contributed by atoms with Crippen molar-refractivity contribution in [2.45, 2.75) is 20.3 Å². The van der Waals surface area contributed by atoms with Crippen molar-refractivity contribution in [2.24, 2.45) is 5.90 Å². The lowest BCUT2D eigenvalue weighted by molar-refractivity contribution is 0.122. The van der Waals surface area contributed by atoms with E-state index < -0.39 is 0 Å². The number of hydrogen-bond donors (Lipinski definition) is 1. The van der Waals surface area contributed by atoms with Gasteiger partial charge in [0, 0.05) is 6.42 Å². The third-order valence-electron chi connectivity index (χ3n) is 2.01. The van der Waals surface area contributed by atoms with Crippen LogP contribution < -0.4 is 10.6 Å². The van der Waals surface area contributed by atoms with Crippen LogP contribution in [0.2, 0.25) is 0 Å². The molecule has 0 aliphatic rings. The Balaban J connectivity index is 2.45. The highest BCUT2D eigenvalue weighted by molar-refractivity contribution is 5.35. The lowest BCUT2D eigenvalue weighted by atomic mass is 10.1. The lowest BCUT2D eigenvalue weighted by Gasteiger charge is -2.09. The third-order valence-corrected chi connectivity index (χ3v) is 2.01. The van der Waals surface area contributed by atoms with Crippen LogP contribution in [0.3, 0.4) is 0 Å². The molecular formula is C11H17NO2. The van der Waals surface area contributed by atoms with Gasteiger partial charge in [-0.15, -0.1) is 0 Å². The summed E-state index contributed by atoms with van der Waals surface area (Å²) >= 11 is 0. The van der Waals surface area contributed by atoms with E-state index in [1.54, 1.807) is 0 Å². The molecule has 0 saturated carbocycles. The van der Waals surface area contributed by atoms with Gasteiger partial charge in [-0.2, -0.15) is 0 Å². The minimum atomic E-state index is 0.533. The lowest BCUT2D eigenvalue weighted by Crippen LogP contribution is -2.06. The summed E-state index contributed by atoms with van der Waals surface area (Å²) in [6.45, 7) is 5.26. The predicted octanol–water partition coefficient (Wildman–Crippen LogP) is 1.96. The molecule has 1 rings (SSSR count). The van der Waals surface area contributed by atoms with Crippen molar-refractivity contribution < 1.29 is 9.57 Å². The molecule has 1 aromatic rings. The zero-order valence-electron chi connectivity index (χ0n) is 8.75. The van der Waals surface area contributed by atoms with Gasteiger partial charge in [0.2, 0.25) is 0 Å². The first kappa shape index (κ1) is 11.0. The van der Waals surface area contributed by atoms with Gasteiger partial charge in [-0.3, -0.25) is 0 Å². The van der Waals surface area contributed by atoms with Gasteiger partial charge >= 0.3 is 0 Å². The summed E-state index contributed by atoms with van der Waals surface area (Å²) in [4.78, 5) is 4.45. The van der Waals surface area contributed by atoms with Gasteiger partial charge in [-0.25, -0.2) is 5.90 Å². The summed E-state index contributed by atoms with van der Waals surface area (Å²) in [5.41, 5.74) is 2.37. The Bertz CT molecular complexity index is 287. The van der Waals surface area contributed by atoms with Crippen molar-refractivity contribution in [1.29, 1.82) is 0 Å². The normalized spacial score (nSPS) is 10.2. The zero-order chi connectivity index (χ0) is 10.4. The second-order valence-corrected chi connectivity index (χ2v) is 3.34. The molecule has 0 radical (unpaired) electrons. The summed E-state index contributed by atoms with van der Waals surface area (Å²) in [5, 5.41) is 0. The first-order valence-electron chi connectivity index (χ1n) is 4.76. The molecule has 3 nitrogen and oxygen atoms in total. The van der Waals surface area contributed by atoms with E-state index in [1.165, 1.54) is 5.56 Å². The topological polar surface area (TPSA) is 44.5 Å². The molecule has 0 spiro atoms. The monoisotopic (exact) mass is 195 g/mol. The second kappa shape index (κ2) is 5.62. The van der Waals surface area contributed by atoms with Crippen molar-refractivity contribution in [2.75, 3.05) is 13.2 Å². The van der Waals surface area contributed by atoms with E-state index in [-0.39, 0.29) is 0 Å². The van der Waals surface area contributed by atoms with Crippen LogP contribution in [0.5, 0.6) is 5.75 Å². The number of rotatable bonds is 5. The van der Waals surface area contributed by atoms with Crippen LogP contribution in [0.1, 0.15) is 17.5 Å². The van der Waals surface area contributed by atoms with E-state index in [2.05, 4.69) is 23.9 Å². The number of benzene rings is 1. The standard InChI is InChI=1S/C11H17NO2/c1-9-4-5-10(2)11(8-9)13-6-3-7-14-12/h4-5,8H,3,6-7,12H2,1-2H3. The average Bonchev–Trinajstić information content (AvgIpc) is 2.18. The van der Waals surface area contributed by atoms with Crippen molar-refractivity contribution >= 4 is 0 Å². The van der Waals surface area contributed by atoms with Crippen molar-refractivity contribution in [1.82, 2.24) is 0 Å². The number of nitrogens with two attached hydrogens (primary N) is 1.